The Balaban J connectivity index is 2.30. The highest BCUT2D eigenvalue weighted by atomic mass is 16.6. The Labute approximate surface area is 91.5 Å². The van der Waals surface area contributed by atoms with Gasteiger partial charge in [0.05, 0.1) is 6.17 Å². The Kier molecular flexibility index (Phi) is 3.97. The summed E-state index contributed by atoms with van der Waals surface area (Å²) in [5.74, 6) is 0.414. The van der Waals surface area contributed by atoms with Gasteiger partial charge < -0.3 is 15.8 Å². The lowest BCUT2D eigenvalue weighted by Crippen LogP contribution is -2.47. The molecule has 0 aromatic rings. The fraction of sp³-hybridized carbons (Fsp3) is 0.909. The predicted octanol–water partition coefficient (Wildman–Crippen LogP) is 1.99. The molecule has 1 saturated carbocycles. The highest BCUT2D eigenvalue weighted by Gasteiger charge is 2.25. The molecule has 0 aromatic carbocycles. The van der Waals surface area contributed by atoms with Crippen LogP contribution < -0.4 is 11.1 Å². The molecule has 1 aliphatic carbocycles. The number of alkyl carbamates (subject to hydrolysis) is 1. The van der Waals surface area contributed by atoms with Crippen molar-refractivity contribution in [1.29, 1.82) is 0 Å². The van der Waals surface area contributed by atoms with E-state index in [2.05, 4.69) is 5.32 Å². The van der Waals surface area contributed by atoms with Crippen LogP contribution in [0.5, 0.6) is 0 Å². The average molecular weight is 214 g/mol. The van der Waals surface area contributed by atoms with E-state index in [0.717, 1.165) is 12.8 Å². The van der Waals surface area contributed by atoms with Crippen LogP contribution in [-0.4, -0.2) is 17.9 Å². The zero-order valence-electron chi connectivity index (χ0n) is 9.88. The summed E-state index contributed by atoms with van der Waals surface area (Å²) < 4.78 is 5.14. The monoisotopic (exact) mass is 214 g/mol. The Bertz CT molecular complexity index is 217. The first-order valence-electron chi connectivity index (χ1n) is 5.63. The Morgan fingerprint density at radius 2 is 1.93 bits per heavy atom. The molecule has 1 amide bonds. The van der Waals surface area contributed by atoms with Gasteiger partial charge in [-0.3, -0.25) is 0 Å². The lowest BCUT2D eigenvalue weighted by molar-refractivity contribution is 0.0488. The molecular formula is C11H22N2O2. The zero-order chi connectivity index (χ0) is 11.5. The number of ether oxygens (including phenoxy) is 1. The molecule has 0 aromatic heterocycles. The van der Waals surface area contributed by atoms with E-state index in [1.54, 1.807) is 0 Å². The van der Waals surface area contributed by atoms with Crippen molar-refractivity contribution >= 4 is 6.09 Å². The van der Waals surface area contributed by atoms with E-state index < -0.39 is 11.7 Å². The van der Waals surface area contributed by atoms with Crippen LogP contribution in [0.1, 0.15) is 46.5 Å². The topological polar surface area (TPSA) is 64.3 Å². The quantitative estimate of drug-likeness (QED) is 0.691. The van der Waals surface area contributed by atoms with Crippen molar-refractivity contribution in [3.05, 3.63) is 0 Å². The van der Waals surface area contributed by atoms with Gasteiger partial charge in [0.1, 0.15) is 5.60 Å². The fourth-order valence-corrected chi connectivity index (χ4v) is 1.88. The van der Waals surface area contributed by atoms with Gasteiger partial charge in [-0.1, -0.05) is 12.8 Å². The summed E-state index contributed by atoms with van der Waals surface area (Å²) in [6.45, 7) is 5.52. The molecule has 4 heteroatoms. The minimum absolute atomic E-state index is 0.262. The molecule has 0 saturated heterocycles. The highest BCUT2D eigenvalue weighted by Crippen LogP contribution is 2.25. The largest absolute Gasteiger partial charge is 0.444 e. The minimum Gasteiger partial charge on any atom is -0.444 e. The van der Waals surface area contributed by atoms with E-state index in [9.17, 15) is 4.79 Å². The fourth-order valence-electron chi connectivity index (χ4n) is 1.88. The third-order valence-electron chi connectivity index (χ3n) is 2.59. The molecule has 1 aliphatic rings. The second-order valence-electron chi connectivity index (χ2n) is 5.22. The van der Waals surface area contributed by atoms with Gasteiger partial charge in [-0.15, -0.1) is 0 Å². The van der Waals surface area contributed by atoms with Gasteiger partial charge in [0.25, 0.3) is 0 Å². The standard InChI is InChI=1S/C11H22N2O2/c1-11(2,3)15-10(14)13-9(12)8-6-4-5-7-8/h8-9H,4-7,12H2,1-3H3,(H,13,14). The smallest absolute Gasteiger partial charge is 0.408 e. The van der Waals surface area contributed by atoms with Crippen LogP contribution in [0, 0.1) is 5.92 Å². The Morgan fingerprint density at radius 3 is 2.40 bits per heavy atom. The van der Waals surface area contributed by atoms with Crippen molar-refractivity contribution in [1.82, 2.24) is 5.32 Å². The molecule has 15 heavy (non-hydrogen) atoms. The van der Waals surface area contributed by atoms with Gasteiger partial charge in [-0.05, 0) is 39.5 Å². The van der Waals surface area contributed by atoms with E-state index >= 15 is 0 Å². The lowest BCUT2D eigenvalue weighted by Gasteiger charge is -2.24. The SMILES string of the molecule is CC(C)(C)OC(=O)NC(N)C1CCCC1. The van der Waals surface area contributed by atoms with Crippen molar-refractivity contribution in [2.75, 3.05) is 0 Å². The maximum Gasteiger partial charge on any atom is 0.408 e. The van der Waals surface area contributed by atoms with Crippen LogP contribution >= 0.6 is 0 Å². The number of hydrogen-bond acceptors (Lipinski definition) is 3. The summed E-state index contributed by atoms with van der Waals surface area (Å²) in [4.78, 5) is 11.4. The van der Waals surface area contributed by atoms with Gasteiger partial charge in [0, 0.05) is 0 Å². The normalized spacial score (nSPS) is 20.0. The predicted molar refractivity (Wildman–Crippen MR) is 59.3 cm³/mol. The van der Waals surface area contributed by atoms with Gasteiger partial charge >= 0.3 is 6.09 Å². The summed E-state index contributed by atoms with van der Waals surface area (Å²) in [6.07, 6.45) is 3.97. The van der Waals surface area contributed by atoms with Crippen molar-refractivity contribution in [2.45, 2.75) is 58.2 Å². The molecule has 0 spiro atoms. The molecule has 0 aliphatic heterocycles. The zero-order valence-corrected chi connectivity index (χ0v) is 9.88. The van der Waals surface area contributed by atoms with E-state index in [4.69, 9.17) is 10.5 Å². The molecule has 1 unspecified atom stereocenters. The van der Waals surface area contributed by atoms with Gasteiger partial charge in [-0.2, -0.15) is 0 Å². The van der Waals surface area contributed by atoms with E-state index in [0.29, 0.717) is 5.92 Å². The molecule has 1 fully saturated rings. The van der Waals surface area contributed by atoms with E-state index in [1.807, 2.05) is 20.8 Å². The first kappa shape index (κ1) is 12.3. The van der Waals surface area contributed by atoms with Crippen LogP contribution in [0.2, 0.25) is 0 Å². The van der Waals surface area contributed by atoms with E-state index in [1.165, 1.54) is 12.8 Å². The van der Waals surface area contributed by atoms with Crippen molar-refractivity contribution in [2.24, 2.45) is 11.7 Å². The van der Waals surface area contributed by atoms with Crippen LogP contribution in [0.15, 0.2) is 0 Å². The number of carbonyl (C=O) groups excluding carboxylic acids is 1. The van der Waals surface area contributed by atoms with Gasteiger partial charge in [-0.25, -0.2) is 4.79 Å². The number of nitrogens with two attached hydrogens (primary N) is 1. The minimum atomic E-state index is -0.459. The van der Waals surface area contributed by atoms with E-state index in [-0.39, 0.29) is 6.17 Å². The van der Waals surface area contributed by atoms with Crippen molar-refractivity contribution < 1.29 is 9.53 Å². The second kappa shape index (κ2) is 4.84. The number of carbonyl (C=O) groups is 1. The summed E-state index contributed by atoms with van der Waals surface area (Å²) in [6, 6.07) is 0. The number of rotatable bonds is 2. The molecule has 4 nitrogen and oxygen atoms in total. The number of hydrogen-bond donors (Lipinski definition) is 2. The van der Waals surface area contributed by atoms with Crippen molar-refractivity contribution in [3.8, 4) is 0 Å². The van der Waals surface area contributed by atoms with Gasteiger partial charge in [0.2, 0.25) is 0 Å². The summed E-state index contributed by atoms with van der Waals surface area (Å²) >= 11 is 0. The number of amides is 1. The van der Waals surface area contributed by atoms with Crippen molar-refractivity contribution in [3.63, 3.8) is 0 Å². The summed E-state index contributed by atoms with van der Waals surface area (Å²) in [5.41, 5.74) is 5.43. The van der Waals surface area contributed by atoms with Crippen LogP contribution in [0.4, 0.5) is 4.79 Å². The second-order valence-corrected chi connectivity index (χ2v) is 5.22. The Morgan fingerprint density at radius 1 is 1.40 bits per heavy atom. The molecule has 0 bridgehead atoms. The third kappa shape index (κ3) is 4.51. The molecular weight excluding hydrogens is 192 g/mol. The first-order chi connectivity index (χ1) is 6.88. The van der Waals surface area contributed by atoms with Crippen LogP contribution in [-0.2, 0) is 4.74 Å². The molecule has 1 atom stereocenters. The lowest BCUT2D eigenvalue weighted by atomic mass is 10.1. The van der Waals surface area contributed by atoms with Crippen LogP contribution in [0.25, 0.3) is 0 Å². The van der Waals surface area contributed by atoms with Gasteiger partial charge in [0.15, 0.2) is 0 Å². The molecule has 0 heterocycles. The maximum absolute atomic E-state index is 11.4. The maximum atomic E-state index is 11.4. The number of nitrogens with one attached hydrogen (secondary N) is 1. The van der Waals surface area contributed by atoms with Crippen LogP contribution in [0.3, 0.4) is 0 Å². The molecule has 1 rings (SSSR count). The molecule has 88 valence electrons. The average Bonchev–Trinajstić information content (AvgIpc) is 2.50. The molecule has 0 radical (unpaired) electrons. The molecule has 3 N–H and O–H groups in total. The third-order valence-corrected chi connectivity index (χ3v) is 2.59. The Hall–Kier alpha value is -0.770. The highest BCUT2D eigenvalue weighted by molar-refractivity contribution is 5.68. The first-order valence-corrected chi connectivity index (χ1v) is 5.63. The summed E-state index contributed by atoms with van der Waals surface area (Å²) in [5, 5.41) is 2.69. The summed E-state index contributed by atoms with van der Waals surface area (Å²) in [7, 11) is 0.